The van der Waals surface area contributed by atoms with Gasteiger partial charge in [-0.1, -0.05) is 25.5 Å². The van der Waals surface area contributed by atoms with Crippen molar-refractivity contribution < 1.29 is 13.2 Å². The molecule has 0 aromatic carbocycles. The second-order valence-electron chi connectivity index (χ2n) is 5.14. The molecule has 0 aromatic heterocycles. The fourth-order valence-corrected chi connectivity index (χ4v) is 2.56. The normalized spacial score (nSPS) is 27.8. The summed E-state index contributed by atoms with van der Waals surface area (Å²) in [4.78, 5) is 0. The van der Waals surface area contributed by atoms with E-state index in [0.717, 1.165) is 18.4 Å². The third-order valence-electron chi connectivity index (χ3n) is 3.81. The first-order valence-corrected chi connectivity index (χ1v) is 6.33. The van der Waals surface area contributed by atoms with Gasteiger partial charge >= 0.3 is 6.18 Å². The summed E-state index contributed by atoms with van der Waals surface area (Å²) in [6, 6.07) is -0.160. The third kappa shape index (κ3) is 4.34. The summed E-state index contributed by atoms with van der Waals surface area (Å²) in [5.41, 5.74) is 7.04. The lowest BCUT2D eigenvalue weighted by Crippen LogP contribution is -2.37. The van der Waals surface area contributed by atoms with Crippen LogP contribution in [0, 0.1) is 11.8 Å². The molecule has 0 heterocycles. The zero-order valence-electron chi connectivity index (χ0n) is 10.4. The van der Waals surface area contributed by atoms with Crippen LogP contribution in [-0.4, -0.2) is 12.2 Å². The molecule has 1 nitrogen and oxygen atoms in total. The molecule has 0 amide bonds. The third-order valence-corrected chi connectivity index (χ3v) is 3.81. The van der Waals surface area contributed by atoms with Crippen molar-refractivity contribution >= 4 is 0 Å². The topological polar surface area (TPSA) is 26.0 Å². The van der Waals surface area contributed by atoms with Gasteiger partial charge in [-0.05, 0) is 38.0 Å². The Hall–Kier alpha value is -0.510. The van der Waals surface area contributed by atoms with Gasteiger partial charge in [0.2, 0.25) is 0 Å². The van der Waals surface area contributed by atoms with E-state index in [4.69, 9.17) is 5.73 Å². The summed E-state index contributed by atoms with van der Waals surface area (Å²) in [7, 11) is 0. The van der Waals surface area contributed by atoms with Gasteiger partial charge in [0.1, 0.15) is 0 Å². The van der Waals surface area contributed by atoms with Crippen molar-refractivity contribution in [2.45, 2.75) is 57.7 Å². The van der Waals surface area contributed by atoms with Gasteiger partial charge in [0.25, 0.3) is 0 Å². The molecule has 1 saturated carbocycles. The Morgan fingerprint density at radius 3 is 2.59 bits per heavy atom. The van der Waals surface area contributed by atoms with E-state index in [-0.39, 0.29) is 24.8 Å². The molecule has 17 heavy (non-hydrogen) atoms. The fraction of sp³-hybridized carbons (Fsp3) is 0.846. The van der Waals surface area contributed by atoms with E-state index in [9.17, 15) is 13.2 Å². The first kappa shape index (κ1) is 14.6. The van der Waals surface area contributed by atoms with Crippen LogP contribution in [0.15, 0.2) is 12.2 Å². The van der Waals surface area contributed by atoms with Gasteiger partial charge < -0.3 is 5.73 Å². The number of nitrogens with two attached hydrogens (primary N) is 1. The smallest absolute Gasteiger partial charge is 0.327 e. The molecule has 0 saturated heterocycles. The Labute approximate surface area is 101 Å². The zero-order valence-corrected chi connectivity index (χ0v) is 10.4. The largest absolute Gasteiger partial charge is 0.391 e. The van der Waals surface area contributed by atoms with E-state index in [1.807, 2.05) is 6.92 Å². The van der Waals surface area contributed by atoms with Gasteiger partial charge in [-0.3, -0.25) is 0 Å². The molecule has 1 aliphatic rings. The highest BCUT2D eigenvalue weighted by Gasteiger charge is 2.43. The minimum Gasteiger partial charge on any atom is -0.327 e. The Kier molecular flexibility index (Phi) is 5.04. The van der Waals surface area contributed by atoms with Crippen LogP contribution in [0.5, 0.6) is 0 Å². The molecule has 2 N–H and O–H groups in total. The maximum absolute atomic E-state index is 12.6. The van der Waals surface area contributed by atoms with Crippen molar-refractivity contribution in [1.29, 1.82) is 0 Å². The summed E-state index contributed by atoms with van der Waals surface area (Å²) >= 11 is 0. The number of halogens is 3. The molecule has 0 spiro atoms. The monoisotopic (exact) mass is 249 g/mol. The quantitative estimate of drug-likeness (QED) is 0.748. The highest BCUT2D eigenvalue weighted by Crippen LogP contribution is 2.41. The van der Waals surface area contributed by atoms with Crippen molar-refractivity contribution in [3.8, 4) is 0 Å². The first-order valence-electron chi connectivity index (χ1n) is 6.33. The summed E-state index contributed by atoms with van der Waals surface area (Å²) in [5.74, 6) is -1.15. The highest BCUT2D eigenvalue weighted by atomic mass is 19.4. The molecule has 0 aromatic rings. The first-order chi connectivity index (χ1) is 7.84. The van der Waals surface area contributed by atoms with Crippen molar-refractivity contribution in [3.63, 3.8) is 0 Å². The average Bonchev–Trinajstić information content (AvgIpc) is 2.28. The summed E-state index contributed by atoms with van der Waals surface area (Å²) < 4.78 is 37.9. The van der Waals surface area contributed by atoms with E-state index in [1.54, 1.807) is 0 Å². The fourth-order valence-electron chi connectivity index (χ4n) is 2.56. The van der Waals surface area contributed by atoms with Crippen LogP contribution in [0.1, 0.15) is 45.4 Å². The number of hydrogen-bond acceptors (Lipinski definition) is 1. The number of alkyl halides is 3. The van der Waals surface area contributed by atoms with Crippen LogP contribution < -0.4 is 5.73 Å². The lowest BCUT2D eigenvalue weighted by molar-refractivity contribution is -0.186. The van der Waals surface area contributed by atoms with Crippen LogP contribution in [0.3, 0.4) is 0 Å². The summed E-state index contributed by atoms with van der Waals surface area (Å²) in [6.07, 6.45) is -0.621. The predicted molar refractivity (Wildman–Crippen MR) is 63.5 cm³/mol. The molecule has 1 fully saturated rings. The summed E-state index contributed by atoms with van der Waals surface area (Å²) in [6.45, 7) is 5.87. The van der Waals surface area contributed by atoms with E-state index in [0.29, 0.717) is 12.8 Å². The molecule has 0 radical (unpaired) electrons. The molecule has 0 bridgehead atoms. The van der Waals surface area contributed by atoms with Gasteiger partial charge in [0.15, 0.2) is 0 Å². The Morgan fingerprint density at radius 2 is 2.06 bits per heavy atom. The minimum absolute atomic E-state index is 0.00123. The molecule has 3 unspecified atom stereocenters. The molecular formula is C13H22F3N. The molecule has 100 valence electrons. The predicted octanol–water partition coefficient (Wildman–Crippen LogP) is 4.04. The van der Waals surface area contributed by atoms with E-state index < -0.39 is 12.1 Å². The maximum Gasteiger partial charge on any atom is 0.391 e. The second kappa shape index (κ2) is 5.89. The Balaban J connectivity index is 2.51. The summed E-state index contributed by atoms with van der Waals surface area (Å²) in [5, 5.41) is 0. The molecule has 3 atom stereocenters. The van der Waals surface area contributed by atoms with Crippen LogP contribution in [0.4, 0.5) is 13.2 Å². The Morgan fingerprint density at radius 1 is 1.41 bits per heavy atom. The van der Waals surface area contributed by atoms with E-state index >= 15 is 0 Å². The number of hydrogen-bond donors (Lipinski definition) is 1. The van der Waals surface area contributed by atoms with Crippen molar-refractivity contribution in [2.75, 3.05) is 0 Å². The molecule has 4 heteroatoms. The zero-order chi connectivity index (χ0) is 13.1. The molecule has 1 aliphatic carbocycles. The van der Waals surface area contributed by atoms with Crippen LogP contribution in [-0.2, 0) is 0 Å². The van der Waals surface area contributed by atoms with E-state index in [1.165, 1.54) is 0 Å². The standard InChI is InChI=1S/C13H22F3N/c1-3-9(2)7-12(17)10-5-4-6-11(8-10)13(14,15)16/h10-12H,2-8,17H2,1H3. The van der Waals surface area contributed by atoms with Gasteiger partial charge in [-0.15, -0.1) is 0 Å². The highest BCUT2D eigenvalue weighted by molar-refractivity contribution is 4.98. The van der Waals surface area contributed by atoms with Crippen LogP contribution >= 0.6 is 0 Å². The second-order valence-corrected chi connectivity index (χ2v) is 5.14. The van der Waals surface area contributed by atoms with Crippen molar-refractivity contribution in [3.05, 3.63) is 12.2 Å². The van der Waals surface area contributed by atoms with E-state index in [2.05, 4.69) is 6.58 Å². The van der Waals surface area contributed by atoms with Crippen molar-refractivity contribution in [1.82, 2.24) is 0 Å². The van der Waals surface area contributed by atoms with Crippen molar-refractivity contribution in [2.24, 2.45) is 17.6 Å². The number of rotatable bonds is 4. The molecule has 1 rings (SSSR count). The minimum atomic E-state index is -4.06. The van der Waals surface area contributed by atoms with Crippen LogP contribution in [0.2, 0.25) is 0 Å². The molecular weight excluding hydrogens is 227 g/mol. The molecule has 0 aliphatic heterocycles. The van der Waals surface area contributed by atoms with Gasteiger partial charge in [-0.2, -0.15) is 13.2 Å². The van der Waals surface area contributed by atoms with Gasteiger partial charge in [-0.25, -0.2) is 0 Å². The van der Waals surface area contributed by atoms with Crippen LogP contribution in [0.25, 0.3) is 0 Å². The lowest BCUT2D eigenvalue weighted by atomic mass is 9.76. The lowest BCUT2D eigenvalue weighted by Gasteiger charge is -2.34. The maximum atomic E-state index is 12.6. The SMILES string of the molecule is C=C(CC)CC(N)C1CCCC(C(F)(F)F)C1. The average molecular weight is 249 g/mol. The van der Waals surface area contributed by atoms with Gasteiger partial charge in [0, 0.05) is 6.04 Å². The Bertz CT molecular complexity index is 260. The van der Waals surface area contributed by atoms with Gasteiger partial charge in [0.05, 0.1) is 5.92 Å².